The van der Waals surface area contributed by atoms with Crippen molar-refractivity contribution in [2.24, 2.45) is 0 Å². The van der Waals surface area contributed by atoms with Crippen LogP contribution in [0.15, 0.2) is 54.7 Å². The largest absolute Gasteiger partial charge is 0.416 e. The summed E-state index contributed by atoms with van der Waals surface area (Å²) in [7, 11) is 0. The number of aromatic nitrogens is 1. The van der Waals surface area contributed by atoms with Crippen molar-refractivity contribution in [3.8, 4) is 11.1 Å². The molecule has 30 heavy (non-hydrogen) atoms. The molecule has 0 saturated heterocycles. The van der Waals surface area contributed by atoms with Crippen LogP contribution in [0.25, 0.3) is 11.1 Å². The molecule has 0 bridgehead atoms. The lowest BCUT2D eigenvalue weighted by molar-refractivity contribution is -0.138. The first-order chi connectivity index (χ1) is 14.1. The van der Waals surface area contributed by atoms with Gasteiger partial charge < -0.3 is 20.9 Å². The topological polar surface area (TPSA) is 86.0 Å². The highest BCUT2D eigenvalue weighted by atomic mass is 19.4. The molecular formula is C21H19F3N4O2. The molecular weight excluding hydrogens is 397 g/mol. The number of hydrogen-bond acceptors (Lipinski definition) is 2. The normalized spacial score (nSPS) is 11.1. The molecule has 0 aliphatic rings. The Kier molecular flexibility index (Phi) is 5.81. The van der Waals surface area contributed by atoms with Gasteiger partial charge in [0.1, 0.15) is 5.82 Å². The van der Waals surface area contributed by atoms with Gasteiger partial charge in [0.05, 0.1) is 5.56 Å². The van der Waals surface area contributed by atoms with Gasteiger partial charge in [-0.15, -0.1) is 0 Å². The van der Waals surface area contributed by atoms with Crippen LogP contribution in [-0.2, 0) is 11.0 Å². The molecule has 0 unspecified atom stereocenters. The summed E-state index contributed by atoms with van der Waals surface area (Å²) < 4.78 is 39.0. The van der Waals surface area contributed by atoms with Gasteiger partial charge in [0.15, 0.2) is 0 Å². The minimum atomic E-state index is -4.49. The van der Waals surface area contributed by atoms with Crippen LogP contribution in [0.2, 0.25) is 0 Å². The minimum Gasteiger partial charge on any atom is -0.348 e. The predicted molar refractivity (Wildman–Crippen MR) is 109 cm³/mol. The van der Waals surface area contributed by atoms with Crippen LogP contribution < -0.4 is 16.0 Å². The predicted octanol–water partition coefficient (Wildman–Crippen LogP) is 5.61. The molecule has 2 aromatic carbocycles. The fraction of sp³-hybridized carbons (Fsp3) is 0.143. The number of anilines is 3. The standard InChI is InChI=1S/C21H19F3N4O2/c1-12-3-6-17(10-18(12)21(22,23)24)28-20(30)27-16-7-4-14(5-8-16)15-9-19(25-11-15)26-13(2)29/h3-11,25H,1-2H3,(H,26,29)(H2,27,28,30). The quantitative estimate of drug-likeness (QED) is 0.446. The van der Waals surface area contributed by atoms with Crippen molar-refractivity contribution in [1.82, 2.24) is 4.98 Å². The van der Waals surface area contributed by atoms with Gasteiger partial charge in [-0.3, -0.25) is 4.79 Å². The van der Waals surface area contributed by atoms with Gasteiger partial charge in [0.2, 0.25) is 5.91 Å². The van der Waals surface area contributed by atoms with E-state index < -0.39 is 17.8 Å². The summed E-state index contributed by atoms with van der Waals surface area (Å²) >= 11 is 0. The molecule has 0 atom stereocenters. The lowest BCUT2D eigenvalue weighted by Crippen LogP contribution is -2.20. The number of aryl methyl sites for hydroxylation is 1. The second kappa shape index (κ2) is 8.32. The van der Waals surface area contributed by atoms with Crippen LogP contribution in [0.3, 0.4) is 0 Å². The number of carbonyl (C=O) groups excluding carboxylic acids is 2. The Morgan fingerprint density at radius 3 is 2.13 bits per heavy atom. The van der Waals surface area contributed by atoms with E-state index in [9.17, 15) is 22.8 Å². The van der Waals surface area contributed by atoms with Gasteiger partial charge in [-0.05, 0) is 48.4 Å². The first kappa shape index (κ1) is 21.0. The number of alkyl halides is 3. The average Bonchev–Trinajstić information content (AvgIpc) is 3.10. The molecule has 0 fully saturated rings. The lowest BCUT2D eigenvalue weighted by Gasteiger charge is -2.13. The van der Waals surface area contributed by atoms with E-state index in [-0.39, 0.29) is 17.2 Å². The first-order valence-corrected chi connectivity index (χ1v) is 8.94. The van der Waals surface area contributed by atoms with E-state index in [1.54, 1.807) is 36.5 Å². The molecule has 9 heteroatoms. The van der Waals surface area contributed by atoms with Crippen LogP contribution in [0.1, 0.15) is 18.1 Å². The zero-order valence-corrected chi connectivity index (χ0v) is 16.1. The number of H-pyrrole nitrogens is 1. The molecule has 4 N–H and O–H groups in total. The Morgan fingerprint density at radius 1 is 0.867 bits per heavy atom. The number of hydrogen-bond donors (Lipinski definition) is 4. The van der Waals surface area contributed by atoms with E-state index in [1.165, 1.54) is 26.0 Å². The molecule has 156 valence electrons. The molecule has 3 aromatic rings. The van der Waals surface area contributed by atoms with Gasteiger partial charge in [-0.2, -0.15) is 13.2 Å². The van der Waals surface area contributed by atoms with Gasteiger partial charge in [0, 0.05) is 30.1 Å². The average molecular weight is 416 g/mol. The van der Waals surface area contributed by atoms with Crippen molar-refractivity contribution in [3.63, 3.8) is 0 Å². The molecule has 1 aromatic heterocycles. The summed E-state index contributed by atoms with van der Waals surface area (Å²) in [6.07, 6.45) is -2.76. The van der Waals surface area contributed by atoms with Crippen molar-refractivity contribution >= 4 is 29.1 Å². The zero-order chi connectivity index (χ0) is 21.9. The van der Waals surface area contributed by atoms with E-state index >= 15 is 0 Å². The molecule has 0 spiro atoms. The Hall–Kier alpha value is -3.75. The first-order valence-electron chi connectivity index (χ1n) is 8.94. The van der Waals surface area contributed by atoms with Crippen LogP contribution in [0, 0.1) is 6.92 Å². The minimum absolute atomic E-state index is 0.0415. The molecule has 6 nitrogen and oxygen atoms in total. The smallest absolute Gasteiger partial charge is 0.348 e. The molecule has 0 aliphatic heterocycles. The van der Waals surface area contributed by atoms with E-state index in [0.717, 1.165) is 17.2 Å². The van der Waals surface area contributed by atoms with E-state index in [1.807, 2.05) is 0 Å². The molecule has 1 heterocycles. The van der Waals surface area contributed by atoms with Crippen molar-refractivity contribution in [2.75, 3.05) is 16.0 Å². The van der Waals surface area contributed by atoms with Crippen LogP contribution in [0.4, 0.5) is 35.2 Å². The summed E-state index contributed by atoms with van der Waals surface area (Å²) in [4.78, 5) is 26.2. The number of nitrogens with one attached hydrogen (secondary N) is 4. The molecule has 3 amide bonds. The fourth-order valence-corrected chi connectivity index (χ4v) is 2.87. The van der Waals surface area contributed by atoms with Gasteiger partial charge >= 0.3 is 12.2 Å². The monoisotopic (exact) mass is 416 g/mol. The molecule has 3 rings (SSSR count). The molecule has 0 aliphatic carbocycles. The Labute approximate surface area is 170 Å². The van der Waals surface area contributed by atoms with Gasteiger partial charge in [0.25, 0.3) is 0 Å². The second-order valence-corrected chi connectivity index (χ2v) is 6.67. The number of halogens is 3. The van der Waals surface area contributed by atoms with E-state index in [2.05, 4.69) is 20.9 Å². The van der Waals surface area contributed by atoms with Crippen molar-refractivity contribution in [2.45, 2.75) is 20.0 Å². The number of urea groups is 1. The van der Waals surface area contributed by atoms with Gasteiger partial charge in [-0.25, -0.2) is 4.79 Å². The van der Waals surface area contributed by atoms with Crippen LogP contribution in [-0.4, -0.2) is 16.9 Å². The highest BCUT2D eigenvalue weighted by molar-refractivity contribution is 6.00. The zero-order valence-electron chi connectivity index (χ0n) is 16.1. The summed E-state index contributed by atoms with van der Waals surface area (Å²) in [5.74, 6) is 0.375. The summed E-state index contributed by atoms with van der Waals surface area (Å²) in [5.41, 5.74) is 1.48. The Balaban J connectivity index is 1.65. The third kappa shape index (κ3) is 5.19. The molecule has 0 radical (unpaired) electrons. The third-order valence-corrected chi connectivity index (χ3v) is 4.27. The molecule has 0 saturated carbocycles. The SMILES string of the molecule is CC(=O)Nc1cc(-c2ccc(NC(=O)Nc3ccc(C)c(C(F)(F)F)c3)cc2)c[nH]1. The summed E-state index contributed by atoms with van der Waals surface area (Å²) in [5, 5.41) is 7.62. The summed E-state index contributed by atoms with van der Waals surface area (Å²) in [6, 6.07) is 11.6. The number of carbonyl (C=O) groups is 2. The van der Waals surface area contributed by atoms with Crippen molar-refractivity contribution in [3.05, 3.63) is 65.9 Å². The highest BCUT2D eigenvalue weighted by Gasteiger charge is 2.32. The Morgan fingerprint density at radius 2 is 1.50 bits per heavy atom. The maximum atomic E-state index is 13.0. The summed E-state index contributed by atoms with van der Waals surface area (Å²) in [6.45, 7) is 2.77. The second-order valence-electron chi connectivity index (χ2n) is 6.67. The van der Waals surface area contributed by atoms with Crippen molar-refractivity contribution < 1.29 is 22.8 Å². The lowest BCUT2D eigenvalue weighted by atomic mass is 10.1. The number of amides is 3. The number of rotatable bonds is 4. The number of benzene rings is 2. The van der Waals surface area contributed by atoms with Gasteiger partial charge in [-0.1, -0.05) is 18.2 Å². The van der Waals surface area contributed by atoms with Crippen molar-refractivity contribution in [1.29, 1.82) is 0 Å². The van der Waals surface area contributed by atoms with Crippen LogP contribution in [0.5, 0.6) is 0 Å². The fourth-order valence-electron chi connectivity index (χ4n) is 2.87. The maximum Gasteiger partial charge on any atom is 0.416 e. The van der Waals surface area contributed by atoms with E-state index in [4.69, 9.17) is 0 Å². The Bertz CT molecular complexity index is 1070. The van der Waals surface area contributed by atoms with E-state index in [0.29, 0.717) is 11.5 Å². The maximum absolute atomic E-state index is 13.0. The highest BCUT2D eigenvalue weighted by Crippen LogP contribution is 2.33. The number of aromatic amines is 1. The van der Waals surface area contributed by atoms with Crippen LogP contribution >= 0.6 is 0 Å². The third-order valence-electron chi connectivity index (χ3n) is 4.27.